The molecular formula is C26H31N3O4. The van der Waals surface area contributed by atoms with Gasteiger partial charge < -0.3 is 19.9 Å². The van der Waals surface area contributed by atoms with Crippen LogP contribution in [0, 0.1) is 5.92 Å². The quantitative estimate of drug-likeness (QED) is 0.735. The molecule has 2 aliphatic heterocycles. The van der Waals surface area contributed by atoms with Gasteiger partial charge in [-0.3, -0.25) is 14.4 Å². The molecule has 3 amide bonds. The van der Waals surface area contributed by atoms with E-state index in [4.69, 9.17) is 4.74 Å². The van der Waals surface area contributed by atoms with E-state index in [1.165, 1.54) is 0 Å². The van der Waals surface area contributed by atoms with Gasteiger partial charge in [0.05, 0.1) is 13.0 Å². The minimum Gasteiger partial charge on any atom is -0.497 e. The molecule has 7 nitrogen and oxygen atoms in total. The summed E-state index contributed by atoms with van der Waals surface area (Å²) in [5.74, 6) is 0.409. The van der Waals surface area contributed by atoms with Crippen molar-refractivity contribution < 1.29 is 19.1 Å². The number of carbonyl (C=O) groups excluding carboxylic acids is 3. The third kappa shape index (κ3) is 5.18. The van der Waals surface area contributed by atoms with Gasteiger partial charge in [-0.25, -0.2) is 0 Å². The van der Waals surface area contributed by atoms with Gasteiger partial charge in [0.2, 0.25) is 17.7 Å². The van der Waals surface area contributed by atoms with Gasteiger partial charge in [-0.05, 0) is 48.6 Å². The van der Waals surface area contributed by atoms with Gasteiger partial charge in [-0.15, -0.1) is 0 Å². The Balaban J connectivity index is 1.43. The summed E-state index contributed by atoms with van der Waals surface area (Å²) in [7, 11) is 1.65. The van der Waals surface area contributed by atoms with Crippen LogP contribution in [-0.2, 0) is 20.8 Å². The largest absolute Gasteiger partial charge is 0.497 e. The molecule has 4 rings (SSSR count). The molecule has 7 heteroatoms. The van der Waals surface area contributed by atoms with Gasteiger partial charge in [0.25, 0.3) is 0 Å². The molecule has 0 aromatic heterocycles. The van der Waals surface area contributed by atoms with E-state index in [1.54, 1.807) is 23.8 Å². The number of nitrogens with one attached hydrogen (secondary N) is 1. The standard InChI is InChI=1S/C26H31N3O4/c1-18(29-14-3-4-24(29)30)26(32)28-15-13-27-25(31)22(17-28)16-19-5-7-20(8-6-19)21-9-11-23(33-2)12-10-21/h5-12,18,22H,3-4,13-17H2,1-2H3,(H,27,31)/t18-,22+/m1/s1. The lowest BCUT2D eigenvalue weighted by atomic mass is 9.96. The number of hydrogen-bond donors (Lipinski definition) is 1. The molecule has 174 valence electrons. The lowest BCUT2D eigenvalue weighted by Gasteiger charge is -2.30. The van der Waals surface area contributed by atoms with E-state index in [1.807, 2.05) is 36.4 Å². The molecular weight excluding hydrogens is 418 g/mol. The topological polar surface area (TPSA) is 79.0 Å². The first-order valence-corrected chi connectivity index (χ1v) is 11.6. The van der Waals surface area contributed by atoms with E-state index >= 15 is 0 Å². The van der Waals surface area contributed by atoms with Crippen molar-refractivity contribution >= 4 is 17.7 Å². The molecule has 2 saturated heterocycles. The Kier molecular flexibility index (Phi) is 6.96. The highest BCUT2D eigenvalue weighted by atomic mass is 16.5. The lowest BCUT2D eigenvalue weighted by molar-refractivity contribution is -0.143. The van der Waals surface area contributed by atoms with Crippen LogP contribution in [0.4, 0.5) is 0 Å². The number of likely N-dealkylation sites (tertiary alicyclic amines) is 1. The van der Waals surface area contributed by atoms with E-state index in [-0.39, 0.29) is 23.6 Å². The Hall–Kier alpha value is -3.35. The molecule has 2 aromatic rings. The molecule has 2 aromatic carbocycles. The second kappa shape index (κ2) is 10.1. The van der Waals surface area contributed by atoms with Crippen LogP contribution >= 0.6 is 0 Å². The molecule has 33 heavy (non-hydrogen) atoms. The van der Waals surface area contributed by atoms with Crippen molar-refractivity contribution in [2.24, 2.45) is 5.92 Å². The Morgan fingerprint density at radius 3 is 2.33 bits per heavy atom. The van der Waals surface area contributed by atoms with Crippen molar-refractivity contribution in [3.63, 3.8) is 0 Å². The predicted molar refractivity (Wildman–Crippen MR) is 126 cm³/mol. The van der Waals surface area contributed by atoms with Crippen LogP contribution in [-0.4, -0.2) is 66.9 Å². The van der Waals surface area contributed by atoms with Gasteiger partial charge in [0.1, 0.15) is 11.8 Å². The first-order chi connectivity index (χ1) is 16.0. The van der Waals surface area contributed by atoms with E-state index in [2.05, 4.69) is 17.4 Å². The first kappa shape index (κ1) is 22.8. The Labute approximate surface area is 194 Å². The second-order valence-corrected chi connectivity index (χ2v) is 8.77. The van der Waals surface area contributed by atoms with E-state index in [0.717, 1.165) is 28.9 Å². The van der Waals surface area contributed by atoms with Crippen molar-refractivity contribution in [2.75, 3.05) is 33.3 Å². The summed E-state index contributed by atoms with van der Waals surface area (Å²) in [5.41, 5.74) is 3.23. The third-order valence-electron chi connectivity index (χ3n) is 6.60. The fraction of sp³-hybridized carbons (Fsp3) is 0.423. The van der Waals surface area contributed by atoms with Crippen LogP contribution in [0.15, 0.2) is 48.5 Å². The van der Waals surface area contributed by atoms with Gasteiger partial charge in [-0.1, -0.05) is 36.4 Å². The molecule has 0 bridgehead atoms. The summed E-state index contributed by atoms with van der Waals surface area (Å²) in [6.07, 6.45) is 1.86. The second-order valence-electron chi connectivity index (χ2n) is 8.77. The fourth-order valence-corrected chi connectivity index (χ4v) is 4.63. The molecule has 0 aliphatic carbocycles. The fourth-order valence-electron chi connectivity index (χ4n) is 4.63. The summed E-state index contributed by atoms with van der Waals surface area (Å²) in [4.78, 5) is 41.3. The highest BCUT2D eigenvalue weighted by molar-refractivity contribution is 5.89. The van der Waals surface area contributed by atoms with Gasteiger partial charge in [-0.2, -0.15) is 0 Å². The van der Waals surface area contributed by atoms with E-state index in [0.29, 0.717) is 39.0 Å². The minimum atomic E-state index is -0.488. The Morgan fingerprint density at radius 2 is 1.73 bits per heavy atom. The number of nitrogens with zero attached hydrogens (tertiary/aromatic N) is 2. The maximum absolute atomic E-state index is 13.1. The molecule has 1 N–H and O–H groups in total. The average Bonchev–Trinajstić information content (AvgIpc) is 3.19. The summed E-state index contributed by atoms with van der Waals surface area (Å²) < 4.78 is 5.22. The SMILES string of the molecule is COc1ccc(-c2ccc(C[C@H]3CN(C(=O)[C@@H](C)N4CCCC4=O)CCNC3=O)cc2)cc1. The number of carbonyl (C=O) groups is 3. The molecule has 0 radical (unpaired) electrons. The monoisotopic (exact) mass is 449 g/mol. The van der Waals surface area contributed by atoms with Crippen LogP contribution in [0.25, 0.3) is 11.1 Å². The Morgan fingerprint density at radius 1 is 1.06 bits per heavy atom. The molecule has 2 fully saturated rings. The molecule has 2 atom stereocenters. The van der Waals surface area contributed by atoms with Crippen molar-refractivity contribution in [2.45, 2.75) is 32.2 Å². The molecule has 0 saturated carbocycles. The Bertz CT molecular complexity index is 1000. The minimum absolute atomic E-state index is 0.0329. The highest BCUT2D eigenvalue weighted by Crippen LogP contribution is 2.24. The maximum Gasteiger partial charge on any atom is 0.245 e. The van der Waals surface area contributed by atoms with Crippen LogP contribution in [0.2, 0.25) is 0 Å². The summed E-state index contributed by atoms with van der Waals surface area (Å²) in [6, 6.07) is 15.6. The summed E-state index contributed by atoms with van der Waals surface area (Å²) in [6.45, 7) is 3.67. The zero-order valence-electron chi connectivity index (χ0n) is 19.3. The maximum atomic E-state index is 13.1. The van der Waals surface area contributed by atoms with Crippen LogP contribution < -0.4 is 10.1 Å². The molecule has 0 spiro atoms. The number of rotatable bonds is 6. The van der Waals surface area contributed by atoms with Crippen molar-refractivity contribution in [1.82, 2.24) is 15.1 Å². The number of methoxy groups -OCH3 is 1. The zero-order chi connectivity index (χ0) is 23.4. The number of hydrogen-bond acceptors (Lipinski definition) is 4. The number of ether oxygens (including phenoxy) is 1. The highest BCUT2D eigenvalue weighted by Gasteiger charge is 2.34. The molecule has 2 aliphatic rings. The van der Waals surface area contributed by atoms with Crippen LogP contribution in [0.5, 0.6) is 5.75 Å². The number of benzene rings is 2. The predicted octanol–water partition coefficient (Wildman–Crippen LogP) is 2.49. The lowest BCUT2D eigenvalue weighted by Crippen LogP contribution is -2.49. The third-order valence-corrected chi connectivity index (χ3v) is 6.60. The average molecular weight is 450 g/mol. The van der Waals surface area contributed by atoms with Gasteiger partial charge >= 0.3 is 0 Å². The molecule has 0 unspecified atom stereocenters. The van der Waals surface area contributed by atoms with E-state index in [9.17, 15) is 14.4 Å². The summed E-state index contributed by atoms with van der Waals surface area (Å²) >= 11 is 0. The van der Waals surface area contributed by atoms with Crippen molar-refractivity contribution in [1.29, 1.82) is 0 Å². The summed E-state index contributed by atoms with van der Waals surface area (Å²) in [5, 5.41) is 2.94. The normalized spacial score (nSPS) is 19.8. The molecule has 2 heterocycles. The van der Waals surface area contributed by atoms with Gasteiger partial charge in [0, 0.05) is 32.6 Å². The van der Waals surface area contributed by atoms with E-state index < -0.39 is 6.04 Å². The van der Waals surface area contributed by atoms with Crippen molar-refractivity contribution in [3.8, 4) is 16.9 Å². The first-order valence-electron chi connectivity index (χ1n) is 11.6. The van der Waals surface area contributed by atoms with Crippen LogP contribution in [0.1, 0.15) is 25.3 Å². The number of amides is 3. The van der Waals surface area contributed by atoms with Crippen molar-refractivity contribution in [3.05, 3.63) is 54.1 Å². The van der Waals surface area contributed by atoms with Gasteiger partial charge in [0.15, 0.2) is 0 Å². The zero-order valence-corrected chi connectivity index (χ0v) is 19.3. The van der Waals surface area contributed by atoms with Crippen LogP contribution in [0.3, 0.4) is 0 Å². The smallest absolute Gasteiger partial charge is 0.245 e.